The van der Waals surface area contributed by atoms with Gasteiger partial charge in [-0.2, -0.15) is 5.10 Å². The van der Waals surface area contributed by atoms with Gasteiger partial charge >= 0.3 is 5.97 Å². The molecule has 2 rings (SSSR count). The minimum Gasteiger partial charge on any atom is -0.480 e. The molecule has 116 valence electrons. The van der Waals surface area contributed by atoms with E-state index in [1.165, 1.54) is 24.3 Å². The molecular formula is C15H16ClN3O3. The number of carbonyl (C=O) groups excluding carboxylic acids is 1. The molecular weight excluding hydrogens is 306 g/mol. The average molecular weight is 322 g/mol. The van der Waals surface area contributed by atoms with E-state index in [0.29, 0.717) is 10.6 Å². The van der Waals surface area contributed by atoms with Gasteiger partial charge in [0.1, 0.15) is 24.5 Å². The molecule has 1 aromatic carbocycles. The van der Waals surface area contributed by atoms with Gasteiger partial charge in [0.05, 0.1) is 0 Å². The number of rotatable bonds is 6. The van der Waals surface area contributed by atoms with Crippen LogP contribution in [0.4, 0.5) is 0 Å². The number of carbonyl (C=O) groups is 2. The normalized spacial score (nSPS) is 15.0. The molecule has 0 aliphatic rings. The van der Waals surface area contributed by atoms with Gasteiger partial charge in [-0.3, -0.25) is 9.59 Å². The first-order valence-corrected chi connectivity index (χ1v) is 7.15. The number of carboxylic acid groups (broad SMARTS) is 1. The minimum atomic E-state index is -1.62. The van der Waals surface area contributed by atoms with Crippen molar-refractivity contribution in [2.75, 3.05) is 0 Å². The van der Waals surface area contributed by atoms with Crippen LogP contribution in [0.1, 0.15) is 31.9 Å². The summed E-state index contributed by atoms with van der Waals surface area (Å²) in [6.07, 6.45) is 2.85. The number of hydrogen-bond donors (Lipinski definition) is 1. The topological polar surface area (TPSA) is 85.1 Å². The SMILES string of the molecule is CCC(C(C)=O)(C(=O)O)C(c1ccc(Cl)cc1)n1cncn1. The third-order valence-corrected chi connectivity index (χ3v) is 4.17. The summed E-state index contributed by atoms with van der Waals surface area (Å²) in [6, 6.07) is 5.91. The van der Waals surface area contributed by atoms with E-state index in [2.05, 4.69) is 10.1 Å². The minimum absolute atomic E-state index is 0.130. The molecule has 2 atom stereocenters. The molecule has 0 saturated heterocycles. The third kappa shape index (κ3) is 2.62. The van der Waals surface area contributed by atoms with Crippen LogP contribution in [0, 0.1) is 5.41 Å². The van der Waals surface area contributed by atoms with Gasteiger partial charge < -0.3 is 5.11 Å². The number of benzene rings is 1. The molecule has 2 unspecified atom stereocenters. The highest BCUT2D eigenvalue weighted by atomic mass is 35.5. The van der Waals surface area contributed by atoms with Crippen molar-refractivity contribution in [1.82, 2.24) is 14.8 Å². The molecule has 0 amide bonds. The van der Waals surface area contributed by atoms with Gasteiger partial charge in [0.25, 0.3) is 0 Å². The summed E-state index contributed by atoms with van der Waals surface area (Å²) in [6.45, 7) is 2.97. The van der Waals surface area contributed by atoms with Crippen molar-refractivity contribution in [2.24, 2.45) is 5.41 Å². The monoisotopic (exact) mass is 321 g/mol. The second-order valence-corrected chi connectivity index (χ2v) is 5.45. The van der Waals surface area contributed by atoms with Crippen molar-refractivity contribution in [3.8, 4) is 0 Å². The number of aromatic nitrogens is 3. The summed E-state index contributed by atoms with van der Waals surface area (Å²) in [5.74, 6) is -1.61. The van der Waals surface area contributed by atoms with Crippen LogP contribution in [0.25, 0.3) is 0 Å². The van der Waals surface area contributed by atoms with Gasteiger partial charge in [0.15, 0.2) is 5.41 Å². The van der Waals surface area contributed by atoms with Gasteiger partial charge in [-0.1, -0.05) is 30.7 Å². The lowest BCUT2D eigenvalue weighted by Gasteiger charge is -2.34. The Bertz CT molecular complexity index is 654. The highest BCUT2D eigenvalue weighted by molar-refractivity contribution is 6.30. The second kappa shape index (κ2) is 6.27. The van der Waals surface area contributed by atoms with Crippen LogP contribution in [0.5, 0.6) is 0 Å². The van der Waals surface area contributed by atoms with Crippen LogP contribution in [0.15, 0.2) is 36.9 Å². The Morgan fingerprint density at radius 2 is 2.00 bits per heavy atom. The van der Waals surface area contributed by atoms with E-state index in [1.54, 1.807) is 31.2 Å². The first kappa shape index (κ1) is 16.2. The predicted molar refractivity (Wildman–Crippen MR) is 80.7 cm³/mol. The number of Topliss-reactive ketones (excluding diaryl/α,β-unsaturated/α-hetero) is 1. The van der Waals surface area contributed by atoms with Crippen molar-refractivity contribution in [3.05, 3.63) is 47.5 Å². The van der Waals surface area contributed by atoms with Crippen molar-refractivity contribution in [1.29, 1.82) is 0 Å². The highest BCUT2D eigenvalue weighted by Gasteiger charge is 2.51. The van der Waals surface area contributed by atoms with E-state index in [1.807, 2.05) is 0 Å². The van der Waals surface area contributed by atoms with Crippen LogP contribution < -0.4 is 0 Å². The molecule has 1 N–H and O–H groups in total. The highest BCUT2D eigenvalue weighted by Crippen LogP contribution is 2.41. The summed E-state index contributed by atoms with van der Waals surface area (Å²) >= 11 is 5.90. The summed E-state index contributed by atoms with van der Waals surface area (Å²) in [4.78, 5) is 28.1. The van der Waals surface area contributed by atoms with Gasteiger partial charge in [-0.05, 0) is 31.0 Å². The first-order chi connectivity index (χ1) is 10.4. The maximum absolute atomic E-state index is 12.2. The predicted octanol–water partition coefficient (Wildman–Crippen LogP) is 2.59. The molecule has 0 aliphatic heterocycles. The molecule has 0 fully saturated rings. The maximum Gasteiger partial charge on any atom is 0.319 e. The van der Waals surface area contributed by atoms with Crippen molar-refractivity contribution < 1.29 is 14.7 Å². The van der Waals surface area contributed by atoms with Crippen LogP contribution >= 0.6 is 11.6 Å². The molecule has 1 heterocycles. The van der Waals surface area contributed by atoms with Gasteiger partial charge in [-0.25, -0.2) is 9.67 Å². The third-order valence-electron chi connectivity index (χ3n) is 3.92. The van der Waals surface area contributed by atoms with Crippen molar-refractivity contribution in [2.45, 2.75) is 26.3 Å². The molecule has 0 bridgehead atoms. The number of nitrogens with zero attached hydrogens (tertiary/aromatic N) is 3. The molecule has 0 spiro atoms. The Morgan fingerprint density at radius 1 is 1.36 bits per heavy atom. The molecule has 7 heteroatoms. The van der Waals surface area contributed by atoms with E-state index in [0.717, 1.165) is 0 Å². The average Bonchev–Trinajstić information content (AvgIpc) is 2.98. The molecule has 2 aromatic rings. The lowest BCUT2D eigenvalue weighted by Crippen LogP contribution is -2.46. The molecule has 1 aromatic heterocycles. The van der Waals surface area contributed by atoms with Gasteiger partial charge in [0, 0.05) is 5.02 Å². The van der Waals surface area contributed by atoms with Gasteiger partial charge in [-0.15, -0.1) is 0 Å². The largest absolute Gasteiger partial charge is 0.480 e. The molecule has 0 radical (unpaired) electrons. The fraction of sp³-hybridized carbons (Fsp3) is 0.333. The summed E-state index contributed by atoms with van der Waals surface area (Å²) < 4.78 is 1.41. The van der Waals surface area contributed by atoms with E-state index >= 15 is 0 Å². The Labute approximate surface area is 132 Å². The standard InChI is InChI=1S/C15H16ClN3O3/c1-3-15(10(2)20,14(21)22)13(19-9-17-8-18-19)11-4-6-12(16)7-5-11/h4-9,13H,3H2,1-2H3,(H,21,22). The fourth-order valence-corrected chi connectivity index (χ4v) is 2.84. The lowest BCUT2D eigenvalue weighted by molar-refractivity contribution is -0.157. The Morgan fingerprint density at radius 3 is 2.41 bits per heavy atom. The van der Waals surface area contributed by atoms with Crippen LogP contribution in [0.3, 0.4) is 0 Å². The zero-order valence-corrected chi connectivity index (χ0v) is 13.0. The Balaban J connectivity index is 2.69. The fourth-order valence-electron chi connectivity index (χ4n) is 2.71. The smallest absolute Gasteiger partial charge is 0.319 e. The van der Waals surface area contributed by atoms with Gasteiger partial charge in [0.2, 0.25) is 0 Å². The molecule has 0 aliphatic carbocycles. The lowest BCUT2D eigenvalue weighted by atomic mass is 9.72. The van der Waals surface area contributed by atoms with E-state index in [9.17, 15) is 14.7 Å². The second-order valence-electron chi connectivity index (χ2n) is 5.02. The van der Waals surface area contributed by atoms with E-state index < -0.39 is 23.2 Å². The molecule has 22 heavy (non-hydrogen) atoms. The maximum atomic E-state index is 12.2. The number of hydrogen-bond acceptors (Lipinski definition) is 4. The number of carboxylic acids is 1. The Kier molecular flexibility index (Phi) is 4.61. The number of ketones is 1. The quantitative estimate of drug-likeness (QED) is 0.826. The van der Waals surface area contributed by atoms with Crippen molar-refractivity contribution in [3.63, 3.8) is 0 Å². The summed E-state index contributed by atoms with van der Waals surface area (Å²) in [5.41, 5.74) is -0.990. The van der Waals surface area contributed by atoms with Crippen LogP contribution in [-0.4, -0.2) is 31.6 Å². The molecule has 0 saturated carbocycles. The molecule has 6 nitrogen and oxygen atoms in total. The van der Waals surface area contributed by atoms with E-state index in [-0.39, 0.29) is 6.42 Å². The first-order valence-electron chi connectivity index (χ1n) is 6.77. The number of halogens is 1. The van der Waals surface area contributed by atoms with Crippen LogP contribution in [-0.2, 0) is 9.59 Å². The van der Waals surface area contributed by atoms with E-state index in [4.69, 9.17) is 11.6 Å². The number of aliphatic carboxylic acids is 1. The summed E-state index contributed by atoms with van der Waals surface area (Å²) in [5, 5.41) is 14.4. The Hall–Kier alpha value is -2.21. The van der Waals surface area contributed by atoms with Crippen LogP contribution in [0.2, 0.25) is 5.02 Å². The zero-order valence-electron chi connectivity index (χ0n) is 12.2. The van der Waals surface area contributed by atoms with Crippen molar-refractivity contribution >= 4 is 23.4 Å². The summed E-state index contributed by atoms with van der Waals surface area (Å²) in [7, 11) is 0. The zero-order chi connectivity index (χ0) is 16.3.